The zero-order chi connectivity index (χ0) is 29.5. The van der Waals surface area contributed by atoms with E-state index >= 15 is 8.78 Å². The molecule has 0 spiro atoms. The minimum absolute atomic E-state index is 0.0273. The lowest BCUT2D eigenvalue weighted by atomic mass is 9.91. The molecule has 4 aromatic rings. The highest BCUT2D eigenvalue weighted by Gasteiger charge is 2.38. The third kappa shape index (κ3) is 5.26. The van der Waals surface area contributed by atoms with Crippen LogP contribution < -0.4 is 16.0 Å². The highest BCUT2D eigenvalue weighted by molar-refractivity contribution is 7.99. The highest BCUT2D eigenvalue weighted by Crippen LogP contribution is 2.44. The van der Waals surface area contributed by atoms with E-state index in [1.807, 2.05) is 30.3 Å². The van der Waals surface area contributed by atoms with Crippen LogP contribution in [0, 0.1) is 18.6 Å². The second-order valence-electron chi connectivity index (χ2n) is 9.76. The summed E-state index contributed by atoms with van der Waals surface area (Å²) < 4.78 is 79.4. The number of halogens is 5. The zero-order valence-electron chi connectivity index (χ0n) is 22.3. The SMILES string of the molecule is CCOc1cccc(-c2c(C)c(Cc3c(F)cccc3C(F)(F)F)c3n(c2=O)[C@@H](C(N)c2ccccc2)CS3)c1F. The van der Waals surface area contributed by atoms with Crippen molar-refractivity contribution in [1.82, 2.24) is 4.57 Å². The molecule has 0 amide bonds. The highest BCUT2D eigenvalue weighted by atomic mass is 32.2. The number of aromatic nitrogens is 1. The van der Waals surface area contributed by atoms with Crippen molar-refractivity contribution in [3.63, 3.8) is 0 Å². The fraction of sp³-hybridized carbons (Fsp3) is 0.258. The first-order chi connectivity index (χ1) is 19.5. The maximum Gasteiger partial charge on any atom is 0.416 e. The average Bonchev–Trinajstić information content (AvgIpc) is 3.39. The van der Waals surface area contributed by atoms with E-state index < -0.39 is 53.0 Å². The Labute approximate surface area is 238 Å². The second kappa shape index (κ2) is 11.3. The smallest absolute Gasteiger partial charge is 0.416 e. The minimum Gasteiger partial charge on any atom is -0.491 e. The maximum atomic E-state index is 15.7. The van der Waals surface area contributed by atoms with Gasteiger partial charge in [-0.3, -0.25) is 9.36 Å². The molecule has 41 heavy (non-hydrogen) atoms. The summed E-state index contributed by atoms with van der Waals surface area (Å²) in [6, 6.07) is 15.1. The predicted octanol–water partition coefficient (Wildman–Crippen LogP) is 7.46. The Morgan fingerprint density at radius 1 is 1.02 bits per heavy atom. The lowest BCUT2D eigenvalue weighted by molar-refractivity contribution is -0.138. The summed E-state index contributed by atoms with van der Waals surface area (Å²) in [6.45, 7) is 3.43. The molecule has 0 saturated carbocycles. The molecule has 214 valence electrons. The van der Waals surface area contributed by atoms with Gasteiger partial charge in [0.1, 0.15) is 5.82 Å². The van der Waals surface area contributed by atoms with Crippen molar-refractivity contribution in [3.8, 4) is 16.9 Å². The summed E-state index contributed by atoms with van der Waals surface area (Å²) >= 11 is 1.27. The van der Waals surface area contributed by atoms with E-state index in [2.05, 4.69) is 0 Å². The Morgan fingerprint density at radius 3 is 2.41 bits per heavy atom. The van der Waals surface area contributed by atoms with Gasteiger partial charge in [-0.05, 0) is 48.7 Å². The van der Waals surface area contributed by atoms with E-state index in [1.165, 1.54) is 28.5 Å². The number of nitrogens with zero attached hydrogens (tertiary/aromatic N) is 1. The average molecular weight is 587 g/mol. The fourth-order valence-electron chi connectivity index (χ4n) is 5.37. The molecule has 2 atom stereocenters. The molecule has 1 unspecified atom stereocenters. The number of thioether (sulfide) groups is 1. The van der Waals surface area contributed by atoms with E-state index in [0.29, 0.717) is 16.3 Å². The van der Waals surface area contributed by atoms with Gasteiger partial charge >= 0.3 is 6.18 Å². The van der Waals surface area contributed by atoms with Crippen LogP contribution in [0.25, 0.3) is 11.1 Å². The Balaban J connectivity index is 1.78. The number of pyridine rings is 1. The van der Waals surface area contributed by atoms with Crippen molar-refractivity contribution in [3.05, 3.63) is 117 Å². The molecule has 4 nitrogen and oxygen atoms in total. The van der Waals surface area contributed by atoms with E-state index in [4.69, 9.17) is 10.5 Å². The van der Waals surface area contributed by atoms with Crippen LogP contribution in [0.1, 0.15) is 46.8 Å². The van der Waals surface area contributed by atoms with Crippen molar-refractivity contribution in [1.29, 1.82) is 0 Å². The summed E-state index contributed by atoms with van der Waals surface area (Å²) in [7, 11) is 0. The third-order valence-electron chi connectivity index (χ3n) is 7.37. The van der Waals surface area contributed by atoms with E-state index in [-0.39, 0.29) is 29.0 Å². The van der Waals surface area contributed by atoms with Crippen LogP contribution in [0.4, 0.5) is 22.0 Å². The van der Waals surface area contributed by atoms with Gasteiger partial charge in [-0.25, -0.2) is 8.78 Å². The molecular weight excluding hydrogens is 559 g/mol. The van der Waals surface area contributed by atoms with Gasteiger partial charge in [0.2, 0.25) is 0 Å². The third-order valence-corrected chi connectivity index (χ3v) is 8.59. The van der Waals surface area contributed by atoms with Crippen molar-refractivity contribution >= 4 is 11.8 Å². The molecule has 0 fully saturated rings. The number of benzene rings is 3. The molecule has 2 N–H and O–H groups in total. The lowest BCUT2D eigenvalue weighted by Crippen LogP contribution is -2.33. The fourth-order valence-corrected chi connectivity index (χ4v) is 6.81. The van der Waals surface area contributed by atoms with Crippen molar-refractivity contribution in [2.24, 2.45) is 5.73 Å². The predicted molar refractivity (Wildman–Crippen MR) is 149 cm³/mol. The zero-order valence-corrected chi connectivity index (χ0v) is 23.1. The largest absolute Gasteiger partial charge is 0.491 e. The van der Waals surface area contributed by atoms with Crippen LogP contribution in [0.5, 0.6) is 5.75 Å². The second-order valence-corrected chi connectivity index (χ2v) is 10.8. The van der Waals surface area contributed by atoms with Crippen LogP contribution in [-0.2, 0) is 12.6 Å². The van der Waals surface area contributed by atoms with Crippen molar-refractivity contribution in [2.45, 2.75) is 43.6 Å². The van der Waals surface area contributed by atoms with E-state index in [0.717, 1.165) is 23.8 Å². The van der Waals surface area contributed by atoms with Crippen LogP contribution in [-0.4, -0.2) is 16.9 Å². The van der Waals surface area contributed by atoms with Crippen LogP contribution in [0.2, 0.25) is 0 Å². The molecule has 1 aliphatic heterocycles. The van der Waals surface area contributed by atoms with Crippen molar-refractivity contribution in [2.75, 3.05) is 12.4 Å². The van der Waals surface area contributed by atoms with Gasteiger partial charge in [-0.2, -0.15) is 13.2 Å². The maximum absolute atomic E-state index is 15.7. The molecule has 1 aliphatic rings. The molecular formula is C31H27F5N2O2S. The van der Waals surface area contributed by atoms with Gasteiger partial charge in [-0.15, -0.1) is 11.8 Å². The standard InChI is InChI=1S/C31H27F5N2O2S/c1-3-40-25-14-7-11-19(27(25)33)26-17(2)20(15-21-22(31(34,35)36)12-8-13-23(21)32)30-38(29(26)39)24(16-41-30)28(37)18-9-5-4-6-10-18/h4-14,24,28H,3,15-16,37H2,1-2H3/t24-,28?/m1/s1. The number of fused-ring (bicyclic) bond motifs is 1. The molecule has 0 saturated heterocycles. The van der Waals surface area contributed by atoms with E-state index in [9.17, 15) is 18.0 Å². The topological polar surface area (TPSA) is 57.2 Å². The van der Waals surface area contributed by atoms with Crippen LogP contribution >= 0.6 is 11.8 Å². The molecule has 1 aromatic heterocycles. The summed E-state index contributed by atoms with van der Waals surface area (Å²) in [5.74, 6) is -1.49. The van der Waals surface area contributed by atoms with Gasteiger partial charge < -0.3 is 10.5 Å². The Bertz CT molecular complexity index is 1650. The first-order valence-corrected chi connectivity index (χ1v) is 14.0. The summed E-state index contributed by atoms with van der Waals surface area (Å²) in [4.78, 5) is 14.2. The summed E-state index contributed by atoms with van der Waals surface area (Å²) in [5.41, 5.74) is 5.72. The molecule has 10 heteroatoms. The minimum atomic E-state index is -4.80. The summed E-state index contributed by atoms with van der Waals surface area (Å²) in [6.07, 6.45) is -5.25. The Hall–Kier alpha value is -3.63. The van der Waals surface area contributed by atoms with Crippen molar-refractivity contribution < 1.29 is 26.7 Å². The number of nitrogens with two attached hydrogens (primary N) is 1. The van der Waals surface area contributed by atoms with Crippen LogP contribution in [0.3, 0.4) is 0 Å². The molecule has 0 bridgehead atoms. The van der Waals surface area contributed by atoms with Gasteiger partial charge in [0.15, 0.2) is 11.6 Å². The van der Waals surface area contributed by atoms with Gasteiger partial charge in [-0.1, -0.05) is 48.5 Å². The van der Waals surface area contributed by atoms with Gasteiger partial charge in [0.25, 0.3) is 5.56 Å². The quantitative estimate of drug-likeness (QED) is 0.229. The molecule has 2 heterocycles. The normalized spacial score (nSPS) is 15.6. The number of alkyl halides is 3. The van der Waals surface area contributed by atoms with E-state index in [1.54, 1.807) is 19.9 Å². The Morgan fingerprint density at radius 2 is 1.73 bits per heavy atom. The molecule has 3 aromatic carbocycles. The Kier molecular flexibility index (Phi) is 7.98. The number of hydrogen-bond donors (Lipinski definition) is 1. The summed E-state index contributed by atoms with van der Waals surface area (Å²) in [5, 5.41) is 0.394. The van der Waals surface area contributed by atoms with Crippen LogP contribution in [0.15, 0.2) is 76.6 Å². The first kappa shape index (κ1) is 28.9. The first-order valence-electron chi connectivity index (χ1n) is 13.0. The monoisotopic (exact) mass is 586 g/mol. The lowest BCUT2D eigenvalue weighted by Gasteiger charge is -2.25. The molecule has 0 aliphatic carbocycles. The number of ether oxygens (including phenoxy) is 1. The number of rotatable bonds is 7. The van der Waals surface area contributed by atoms with Gasteiger partial charge in [0.05, 0.1) is 34.8 Å². The molecule has 5 rings (SSSR count). The number of hydrogen-bond acceptors (Lipinski definition) is 4. The van der Waals surface area contributed by atoms with Gasteiger partial charge in [0, 0.05) is 23.3 Å². The molecule has 0 radical (unpaired) electrons.